The first kappa shape index (κ1) is 15.1. The molecule has 0 aromatic heterocycles. The fourth-order valence-corrected chi connectivity index (χ4v) is 2.09. The number of rotatable bonds is 5. The van der Waals surface area contributed by atoms with Gasteiger partial charge in [-0.3, -0.25) is 4.79 Å². The van der Waals surface area contributed by atoms with E-state index in [0.717, 1.165) is 12.2 Å². The molecule has 21 heavy (non-hydrogen) atoms. The predicted molar refractivity (Wildman–Crippen MR) is 85.3 cm³/mol. The van der Waals surface area contributed by atoms with E-state index in [9.17, 15) is 9.90 Å². The van der Waals surface area contributed by atoms with Gasteiger partial charge in [-0.2, -0.15) is 0 Å². The van der Waals surface area contributed by atoms with E-state index in [1.165, 1.54) is 12.5 Å². The molecule has 0 spiro atoms. The summed E-state index contributed by atoms with van der Waals surface area (Å²) >= 11 is 0. The van der Waals surface area contributed by atoms with Gasteiger partial charge in [-0.05, 0) is 24.6 Å². The van der Waals surface area contributed by atoms with Crippen LogP contribution in [0, 0.1) is 0 Å². The molecule has 2 rings (SSSR count). The Morgan fingerprint density at radius 1 is 1.14 bits per heavy atom. The minimum Gasteiger partial charge on any atom is -0.384 e. The Balaban J connectivity index is 2.17. The maximum atomic E-state index is 11.7. The van der Waals surface area contributed by atoms with Crippen molar-refractivity contribution in [2.45, 2.75) is 19.6 Å². The average Bonchev–Trinajstić information content (AvgIpc) is 2.48. The summed E-state index contributed by atoms with van der Waals surface area (Å²) in [5, 5.41) is 12.1. The molecule has 0 aliphatic carbocycles. The van der Waals surface area contributed by atoms with Crippen LogP contribution in [0.3, 0.4) is 0 Å². The molecule has 0 heterocycles. The minimum atomic E-state index is -1.03. The number of anilines is 2. The lowest BCUT2D eigenvalue weighted by Gasteiger charge is -2.23. The molecule has 0 saturated heterocycles. The number of aliphatic hydroxyl groups is 1. The molecule has 2 aromatic carbocycles. The summed E-state index contributed by atoms with van der Waals surface area (Å²) in [6, 6.07) is 17.7. The maximum absolute atomic E-state index is 11.7. The quantitative estimate of drug-likeness (QED) is 0.887. The Morgan fingerprint density at radius 3 is 2.43 bits per heavy atom. The monoisotopic (exact) mass is 284 g/mol. The van der Waals surface area contributed by atoms with Crippen molar-refractivity contribution in [1.29, 1.82) is 0 Å². The first-order valence-electron chi connectivity index (χ1n) is 6.91. The van der Waals surface area contributed by atoms with Crippen LogP contribution >= 0.6 is 0 Å². The summed E-state index contributed by atoms with van der Waals surface area (Å²) in [7, 11) is 1.97. The number of benzene rings is 2. The molecule has 2 N–H and O–H groups in total. The van der Waals surface area contributed by atoms with Gasteiger partial charge in [0, 0.05) is 13.6 Å². The number of aliphatic hydroxyl groups excluding tert-OH is 1. The molecular formula is C17H20N2O2. The van der Waals surface area contributed by atoms with Crippen molar-refractivity contribution in [1.82, 2.24) is 0 Å². The van der Waals surface area contributed by atoms with Crippen LogP contribution in [0.4, 0.5) is 11.4 Å². The van der Waals surface area contributed by atoms with Crippen molar-refractivity contribution in [2.75, 3.05) is 17.3 Å². The van der Waals surface area contributed by atoms with Gasteiger partial charge in [0.15, 0.2) is 0 Å². The third-order valence-corrected chi connectivity index (χ3v) is 3.22. The molecule has 2 aromatic rings. The zero-order chi connectivity index (χ0) is 15.2. The standard InChI is InChI=1S/C17H20N2O2/c1-13(20)17(21)18-15-10-6-7-11-16(15)19(2)12-14-8-4-3-5-9-14/h3-11,13,20H,12H2,1-2H3,(H,18,21). The molecule has 1 atom stereocenters. The van der Waals surface area contributed by atoms with Crippen molar-refractivity contribution in [2.24, 2.45) is 0 Å². The van der Waals surface area contributed by atoms with Gasteiger partial charge in [-0.15, -0.1) is 0 Å². The normalized spacial score (nSPS) is 11.8. The Labute approximate surface area is 125 Å². The summed E-state index contributed by atoms with van der Waals surface area (Å²) < 4.78 is 0. The highest BCUT2D eigenvalue weighted by Crippen LogP contribution is 2.26. The Hall–Kier alpha value is -2.33. The van der Waals surface area contributed by atoms with Crippen LogP contribution in [0.5, 0.6) is 0 Å². The summed E-state index contributed by atoms with van der Waals surface area (Å²) in [4.78, 5) is 13.7. The third kappa shape index (κ3) is 4.07. The highest BCUT2D eigenvalue weighted by atomic mass is 16.3. The first-order valence-corrected chi connectivity index (χ1v) is 6.91. The topological polar surface area (TPSA) is 52.6 Å². The fraction of sp³-hybridized carbons (Fsp3) is 0.235. The number of carbonyl (C=O) groups excluding carboxylic acids is 1. The number of nitrogens with zero attached hydrogens (tertiary/aromatic N) is 1. The van der Waals surface area contributed by atoms with Gasteiger partial charge in [-0.25, -0.2) is 0 Å². The molecule has 4 heteroatoms. The SMILES string of the molecule is CC(O)C(=O)Nc1ccccc1N(C)Cc1ccccc1. The Kier molecular flexibility index (Phi) is 4.95. The van der Waals surface area contributed by atoms with Gasteiger partial charge in [0.2, 0.25) is 0 Å². The first-order chi connectivity index (χ1) is 10.1. The zero-order valence-electron chi connectivity index (χ0n) is 12.3. The van der Waals surface area contributed by atoms with E-state index < -0.39 is 12.0 Å². The van der Waals surface area contributed by atoms with Crippen molar-refractivity contribution >= 4 is 17.3 Å². The van der Waals surface area contributed by atoms with Crippen molar-refractivity contribution in [3.63, 3.8) is 0 Å². The van der Waals surface area contributed by atoms with Crippen LogP contribution in [0.15, 0.2) is 54.6 Å². The molecule has 0 radical (unpaired) electrons. The third-order valence-electron chi connectivity index (χ3n) is 3.22. The lowest BCUT2D eigenvalue weighted by atomic mass is 10.2. The molecule has 1 amide bonds. The Morgan fingerprint density at radius 2 is 1.76 bits per heavy atom. The van der Waals surface area contributed by atoms with Crippen LogP contribution in [-0.2, 0) is 11.3 Å². The average molecular weight is 284 g/mol. The van der Waals surface area contributed by atoms with E-state index in [4.69, 9.17) is 0 Å². The zero-order valence-corrected chi connectivity index (χ0v) is 12.3. The summed E-state index contributed by atoms with van der Waals surface area (Å²) in [6.45, 7) is 2.19. The van der Waals surface area contributed by atoms with E-state index in [1.54, 1.807) is 0 Å². The van der Waals surface area contributed by atoms with Gasteiger partial charge in [-0.1, -0.05) is 42.5 Å². The van der Waals surface area contributed by atoms with Crippen molar-refractivity contribution in [3.05, 3.63) is 60.2 Å². The number of nitrogens with one attached hydrogen (secondary N) is 1. The smallest absolute Gasteiger partial charge is 0.252 e. The van der Waals surface area contributed by atoms with Gasteiger partial charge in [0.1, 0.15) is 6.10 Å². The number of hydrogen-bond donors (Lipinski definition) is 2. The largest absolute Gasteiger partial charge is 0.384 e. The highest BCUT2D eigenvalue weighted by molar-refractivity contribution is 5.96. The number of amides is 1. The number of hydrogen-bond acceptors (Lipinski definition) is 3. The molecule has 110 valence electrons. The van der Waals surface area contributed by atoms with E-state index in [-0.39, 0.29) is 0 Å². The van der Waals surface area contributed by atoms with Crippen LogP contribution in [-0.4, -0.2) is 24.2 Å². The van der Waals surface area contributed by atoms with Gasteiger partial charge in [0.05, 0.1) is 11.4 Å². The highest BCUT2D eigenvalue weighted by Gasteiger charge is 2.13. The van der Waals surface area contributed by atoms with E-state index in [2.05, 4.69) is 22.3 Å². The van der Waals surface area contributed by atoms with Gasteiger partial charge < -0.3 is 15.3 Å². The molecule has 0 saturated carbocycles. The van der Waals surface area contributed by atoms with Crippen LogP contribution in [0.25, 0.3) is 0 Å². The molecule has 0 bridgehead atoms. The molecule has 4 nitrogen and oxygen atoms in total. The molecule has 0 aliphatic rings. The van der Waals surface area contributed by atoms with Crippen LogP contribution in [0.2, 0.25) is 0 Å². The lowest BCUT2D eigenvalue weighted by Crippen LogP contribution is -2.26. The Bertz CT molecular complexity index is 597. The summed E-state index contributed by atoms with van der Waals surface area (Å²) in [5.74, 6) is -0.407. The molecule has 0 fully saturated rings. The molecular weight excluding hydrogens is 264 g/mol. The van der Waals surface area contributed by atoms with Gasteiger partial charge in [0.25, 0.3) is 5.91 Å². The molecule has 1 unspecified atom stereocenters. The van der Waals surface area contributed by atoms with Gasteiger partial charge >= 0.3 is 0 Å². The van der Waals surface area contributed by atoms with Crippen molar-refractivity contribution < 1.29 is 9.90 Å². The number of carbonyl (C=O) groups is 1. The van der Waals surface area contributed by atoms with E-state index in [0.29, 0.717) is 5.69 Å². The second-order valence-corrected chi connectivity index (χ2v) is 5.02. The van der Waals surface area contributed by atoms with E-state index in [1.807, 2.05) is 49.5 Å². The summed E-state index contributed by atoms with van der Waals surface area (Å²) in [6.07, 6.45) is -1.03. The molecule has 0 aliphatic heterocycles. The van der Waals surface area contributed by atoms with E-state index >= 15 is 0 Å². The summed E-state index contributed by atoms with van der Waals surface area (Å²) in [5.41, 5.74) is 2.80. The van der Waals surface area contributed by atoms with Crippen molar-refractivity contribution in [3.8, 4) is 0 Å². The fourth-order valence-electron chi connectivity index (χ4n) is 2.09. The minimum absolute atomic E-state index is 0.407. The maximum Gasteiger partial charge on any atom is 0.252 e. The predicted octanol–water partition coefficient (Wildman–Crippen LogP) is 2.64. The number of para-hydroxylation sites is 2. The van der Waals surface area contributed by atoms with Crippen LogP contribution in [0.1, 0.15) is 12.5 Å². The second-order valence-electron chi connectivity index (χ2n) is 5.02. The van der Waals surface area contributed by atoms with Crippen LogP contribution < -0.4 is 10.2 Å². The second kappa shape index (κ2) is 6.90. The lowest BCUT2D eigenvalue weighted by molar-refractivity contribution is -0.123.